The molecule has 3 N–H and O–H groups in total. The van der Waals surface area contributed by atoms with Gasteiger partial charge >= 0.3 is 0 Å². The van der Waals surface area contributed by atoms with Crippen molar-refractivity contribution in [3.63, 3.8) is 0 Å². The SMILES string of the molecule is CSc1ncc(C(C)c2[nH]ncc2N)cn1. The number of hydrogen-bond donors (Lipinski definition) is 2. The average molecular weight is 235 g/mol. The molecule has 0 aliphatic heterocycles. The molecule has 2 heterocycles. The number of thioether (sulfide) groups is 1. The second kappa shape index (κ2) is 4.52. The first-order chi connectivity index (χ1) is 7.72. The first-order valence-electron chi connectivity index (χ1n) is 4.87. The summed E-state index contributed by atoms with van der Waals surface area (Å²) in [5.41, 5.74) is 8.39. The third-order valence-electron chi connectivity index (χ3n) is 2.46. The minimum Gasteiger partial charge on any atom is -0.396 e. The third-order valence-corrected chi connectivity index (χ3v) is 3.04. The summed E-state index contributed by atoms with van der Waals surface area (Å²) in [7, 11) is 0. The van der Waals surface area contributed by atoms with E-state index < -0.39 is 0 Å². The molecule has 1 unspecified atom stereocenters. The van der Waals surface area contributed by atoms with Crippen LogP contribution in [0.2, 0.25) is 0 Å². The quantitative estimate of drug-likeness (QED) is 0.624. The summed E-state index contributed by atoms with van der Waals surface area (Å²) in [5, 5.41) is 7.58. The fourth-order valence-corrected chi connectivity index (χ4v) is 1.79. The van der Waals surface area contributed by atoms with Crippen molar-refractivity contribution in [2.75, 3.05) is 12.0 Å². The standard InChI is InChI=1S/C10H13N5S/c1-6(9-8(11)5-14-15-9)7-3-12-10(16-2)13-4-7/h3-6H,11H2,1-2H3,(H,14,15). The maximum absolute atomic E-state index is 5.80. The van der Waals surface area contributed by atoms with Crippen LogP contribution >= 0.6 is 11.8 Å². The first-order valence-corrected chi connectivity index (χ1v) is 6.09. The fraction of sp³-hybridized carbons (Fsp3) is 0.300. The van der Waals surface area contributed by atoms with E-state index in [9.17, 15) is 0 Å². The number of hydrogen-bond acceptors (Lipinski definition) is 5. The Morgan fingerprint density at radius 3 is 2.50 bits per heavy atom. The summed E-state index contributed by atoms with van der Waals surface area (Å²) in [5.74, 6) is 0.124. The van der Waals surface area contributed by atoms with Gasteiger partial charge in [-0.15, -0.1) is 0 Å². The van der Waals surface area contributed by atoms with Crippen molar-refractivity contribution in [3.05, 3.63) is 29.8 Å². The molecule has 2 rings (SSSR count). The molecule has 0 spiro atoms. The van der Waals surface area contributed by atoms with Crippen molar-refractivity contribution in [2.45, 2.75) is 18.0 Å². The van der Waals surface area contributed by atoms with Crippen LogP contribution < -0.4 is 5.73 Å². The summed E-state index contributed by atoms with van der Waals surface area (Å²) in [6, 6.07) is 0. The lowest BCUT2D eigenvalue weighted by Gasteiger charge is -2.09. The zero-order valence-electron chi connectivity index (χ0n) is 9.14. The molecule has 0 saturated carbocycles. The third kappa shape index (κ3) is 2.01. The number of nitrogens with zero attached hydrogens (tertiary/aromatic N) is 3. The predicted molar refractivity (Wildman–Crippen MR) is 64.3 cm³/mol. The van der Waals surface area contributed by atoms with E-state index in [1.807, 2.05) is 25.6 Å². The molecule has 0 bridgehead atoms. The maximum Gasteiger partial charge on any atom is 0.187 e. The van der Waals surface area contributed by atoms with Crippen molar-refractivity contribution in [3.8, 4) is 0 Å². The highest BCUT2D eigenvalue weighted by Crippen LogP contribution is 2.25. The van der Waals surface area contributed by atoms with Gasteiger partial charge in [-0.3, -0.25) is 5.10 Å². The first kappa shape index (κ1) is 10.9. The highest BCUT2D eigenvalue weighted by atomic mass is 32.2. The van der Waals surface area contributed by atoms with E-state index in [1.165, 1.54) is 11.8 Å². The van der Waals surface area contributed by atoms with E-state index in [4.69, 9.17) is 5.73 Å². The lowest BCUT2D eigenvalue weighted by atomic mass is 10.0. The summed E-state index contributed by atoms with van der Waals surface area (Å²) >= 11 is 1.52. The smallest absolute Gasteiger partial charge is 0.187 e. The predicted octanol–water partition coefficient (Wildman–Crippen LogP) is 1.66. The maximum atomic E-state index is 5.80. The highest BCUT2D eigenvalue weighted by molar-refractivity contribution is 7.98. The van der Waals surface area contributed by atoms with E-state index in [2.05, 4.69) is 20.2 Å². The van der Waals surface area contributed by atoms with Gasteiger partial charge in [0.2, 0.25) is 0 Å². The van der Waals surface area contributed by atoms with E-state index in [0.717, 1.165) is 16.4 Å². The summed E-state index contributed by atoms with van der Waals surface area (Å²) in [4.78, 5) is 8.47. The second-order valence-electron chi connectivity index (χ2n) is 3.46. The van der Waals surface area contributed by atoms with Crippen molar-refractivity contribution in [1.82, 2.24) is 20.2 Å². The Hall–Kier alpha value is -1.56. The minimum absolute atomic E-state index is 0.124. The molecular weight excluding hydrogens is 222 g/mol. The van der Waals surface area contributed by atoms with Crippen LogP contribution in [0.15, 0.2) is 23.7 Å². The molecule has 1 atom stereocenters. The number of nitrogens with one attached hydrogen (secondary N) is 1. The molecule has 0 aliphatic rings. The molecule has 0 fully saturated rings. The van der Waals surface area contributed by atoms with Crippen molar-refractivity contribution < 1.29 is 0 Å². The van der Waals surface area contributed by atoms with Crippen LogP contribution in [0.5, 0.6) is 0 Å². The van der Waals surface area contributed by atoms with Gasteiger partial charge in [-0.25, -0.2) is 9.97 Å². The Kier molecular flexibility index (Phi) is 3.09. The second-order valence-corrected chi connectivity index (χ2v) is 4.24. The monoisotopic (exact) mass is 235 g/mol. The molecule has 5 nitrogen and oxygen atoms in total. The van der Waals surface area contributed by atoms with Gasteiger partial charge in [-0.05, 0) is 11.8 Å². The molecule has 2 aromatic heterocycles. The Morgan fingerprint density at radius 1 is 1.31 bits per heavy atom. The zero-order chi connectivity index (χ0) is 11.5. The van der Waals surface area contributed by atoms with Crippen molar-refractivity contribution >= 4 is 17.4 Å². The number of nitrogen functional groups attached to an aromatic ring is 1. The Labute approximate surface area is 97.9 Å². The lowest BCUT2D eigenvalue weighted by Crippen LogP contribution is -2.02. The zero-order valence-corrected chi connectivity index (χ0v) is 9.95. The summed E-state index contributed by atoms with van der Waals surface area (Å²) in [6.07, 6.45) is 7.21. The van der Waals surface area contributed by atoms with Gasteiger partial charge in [-0.1, -0.05) is 18.7 Å². The molecule has 0 aliphatic carbocycles. The lowest BCUT2D eigenvalue weighted by molar-refractivity contribution is 0.821. The highest BCUT2D eigenvalue weighted by Gasteiger charge is 2.14. The van der Waals surface area contributed by atoms with Crippen LogP contribution in [0.25, 0.3) is 0 Å². The van der Waals surface area contributed by atoms with Gasteiger partial charge in [0.1, 0.15) is 0 Å². The van der Waals surface area contributed by atoms with Crippen LogP contribution in [-0.2, 0) is 0 Å². The fourth-order valence-electron chi connectivity index (χ4n) is 1.47. The molecular formula is C10H13N5S. The topological polar surface area (TPSA) is 80.5 Å². The number of aromatic nitrogens is 4. The van der Waals surface area contributed by atoms with E-state index in [0.29, 0.717) is 5.69 Å². The van der Waals surface area contributed by atoms with E-state index in [1.54, 1.807) is 6.20 Å². The normalized spacial score (nSPS) is 12.6. The number of anilines is 1. The summed E-state index contributed by atoms with van der Waals surface area (Å²) < 4.78 is 0. The van der Waals surface area contributed by atoms with E-state index >= 15 is 0 Å². The molecule has 0 saturated heterocycles. The van der Waals surface area contributed by atoms with Crippen LogP contribution in [0.3, 0.4) is 0 Å². The number of H-pyrrole nitrogens is 1. The largest absolute Gasteiger partial charge is 0.396 e. The van der Waals surface area contributed by atoms with Gasteiger partial charge in [0, 0.05) is 18.3 Å². The van der Waals surface area contributed by atoms with Crippen molar-refractivity contribution in [2.24, 2.45) is 0 Å². The molecule has 0 radical (unpaired) electrons. The van der Waals surface area contributed by atoms with E-state index in [-0.39, 0.29) is 5.92 Å². The average Bonchev–Trinajstić information content (AvgIpc) is 2.75. The number of nitrogens with two attached hydrogens (primary N) is 1. The molecule has 2 aromatic rings. The number of aromatic amines is 1. The Morgan fingerprint density at radius 2 is 2.00 bits per heavy atom. The van der Waals surface area contributed by atoms with Gasteiger partial charge in [-0.2, -0.15) is 5.10 Å². The summed E-state index contributed by atoms with van der Waals surface area (Å²) in [6.45, 7) is 2.04. The molecule has 16 heavy (non-hydrogen) atoms. The van der Waals surface area contributed by atoms with Gasteiger partial charge in [0.25, 0.3) is 0 Å². The van der Waals surface area contributed by atoms with Crippen molar-refractivity contribution in [1.29, 1.82) is 0 Å². The molecule has 0 amide bonds. The van der Waals surface area contributed by atoms with Gasteiger partial charge in [0.15, 0.2) is 5.16 Å². The van der Waals surface area contributed by atoms with Crippen LogP contribution in [0.4, 0.5) is 5.69 Å². The van der Waals surface area contributed by atoms with Crippen LogP contribution in [-0.4, -0.2) is 26.4 Å². The molecule has 6 heteroatoms. The van der Waals surface area contributed by atoms with Crippen LogP contribution in [0.1, 0.15) is 24.1 Å². The van der Waals surface area contributed by atoms with Gasteiger partial charge < -0.3 is 5.73 Å². The number of rotatable bonds is 3. The Bertz CT molecular complexity index is 464. The Balaban J connectivity index is 2.27. The molecule has 0 aromatic carbocycles. The minimum atomic E-state index is 0.124. The van der Waals surface area contributed by atoms with Crippen LogP contribution in [0, 0.1) is 0 Å². The molecule has 84 valence electrons. The van der Waals surface area contributed by atoms with Gasteiger partial charge in [0.05, 0.1) is 17.6 Å².